The van der Waals surface area contributed by atoms with Crippen LogP contribution >= 0.6 is 22.6 Å². The number of nitrogens with one attached hydrogen (secondary N) is 1. The molecule has 5 heteroatoms. The third kappa shape index (κ3) is 1.97. The number of ether oxygens (including phenoxy) is 1. The van der Waals surface area contributed by atoms with Gasteiger partial charge in [0.2, 0.25) is 0 Å². The minimum atomic E-state index is -0.330. The Hall–Kier alpha value is -1.11. The summed E-state index contributed by atoms with van der Waals surface area (Å²) in [6.45, 7) is 2.16. The number of aromatic amines is 1. The van der Waals surface area contributed by atoms with E-state index in [1.165, 1.54) is 6.20 Å². The molecule has 1 N–H and O–H groups in total. The van der Waals surface area contributed by atoms with Gasteiger partial charge in [0, 0.05) is 21.4 Å². The van der Waals surface area contributed by atoms with E-state index in [2.05, 4.69) is 32.6 Å². The Kier molecular flexibility index (Phi) is 2.90. The number of hydrogen-bond donors (Lipinski definition) is 1. The zero-order chi connectivity index (χ0) is 10.8. The number of carbonyl (C=O) groups is 1. The van der Waals surface area contributed by atoms with Crippen LogP contribution in [0.5, 0.6) is 0 Å². The second-order valence-corrected chi connectivity index (χ2v) is 4.14. The normalized spacial score (nSPS) is 10.5. The second kappa shape index (κ2) is 4.18. The van der Waals surface area contributed by atoms with Crippen LogP contribution in [0, 0.1) is 3.57 Å². The molecule has 4 nitrogen and oxygen atoms in total. The Morgan fingerprint density at radius 1 is 1.67 bits per heavy atom. The molecule has 0 saturated carbocycles. The van der Waals surface area contributed by atoms with Gasteiger partial charge in [0.1, 0.15) is 5.65 Å². The lowest BCUT2D eigenvalue weighted by Gasteiger charge is -2.00. The van der Waals surface area contributed by atoms with E-state index in [9.17, 15) is 4.79 Å². The van der Waals surface area contributed by atoms with Crippen LogP contribution in [0.3, 0.4) is 0 Å². The Bertz CT molecular complexity index is 507. The second-order valence-electron chi connectivity index (χ2n) is 2.98. The summed E-state index contributed by atoms with van der Waals surface area (Å²) >= 11 is 2.19. The van der Waals surface area contributed by atoms with E-state index < -0.39 is 0 Å². The summed E-state index contributed by atoms with van der Waals surface area (Å²) in [6.07, 6.45) is 3.38. The molecule has 2 rings (SSSR count). The number of halogens is 1. The van der Waals surface area contributed by atoms with E-state index in [0.29, 0.717) is 12.2 Å². The lowest BCUT2D eigenvalue weighted by Crippen LogP contribution is -2.04. The average molecular weight is 316 g/mol. The number of hydrogen-bond acceptors (Lipinski definition) is 3. The Morgan fingerprint density at radius 2 is 2.47 bits per heavy atom. The van der Waals surface area contributed by atoms with Crippen LogP contribution in [0.4, 0.5) is 0 Å². The van der Waals surface area contributed by atoms with E-state index in [1.807, 2.05) is 6.20 Å². The van der Waals surface area contributed by atoms with Crippen molar-refractivity contribution >= 4 is 39.6 Å². The minimum absolute atomic E-state index is 0.330. The van der Waals surface area contributed by atoms with E-state index in [0.717, 1.165) is 14.6 Å². The monoisotopic (exact) mass is 316 g/mol. The van der Waals surface area contributed by atoms with Gasteiger partial charge in [0.25, 0.3) is 0 Å². The minimum Gasteiger partial charge on any atom is -0.462 e. The molecule has 0 aliphatic rings. The quantitative estimate of drug-likeness (QED) is 0.683. The molecule has 0 saturated heterocycles. The summed E-state index contributed by atoms with van der Waals surface area (Å²) < 4.78 is 5.94. The molecule has 0 amide bonds. The largest absolute Gasteiger partial charge is 0.462 e. The van der Waals surface area contributed by atoms with Crippen LogP contribution in [0.15, 0.2) is 18.5 Å². The smallest absolute Gasteiger partial charge is 0.339 e. The maximum absolute atomic E-state index is 11.4. The van der Waals surface area contributed by atoms with Crippen molar-refractivity contribution in [2.75, 3.05) is 6.61 Å². The first-order valence-electron chi connectivity index (χ1n) is 4.52. The molecule has 0 bridgehead atoms. The number of carbonyl (C=O) groups excluding carboxylic acids is 1. The molecule has 2 aromatic heterocycles. The lowest BCUT2D eigenvalue weighted by atomic mass is 10.2. The molecule has 0 aliphatic carbocycles. The van der Waals surface area contributed by atoms with Crippen molar-refractivity contribution in [3.8, 4) is 0 Å². The molecule has 0 aromatic carbocycles. The maximum Gasteiger partial charge on any atom is 0.339 e. The van der Waals surface area contributed by atoms with Gasteiger partial charge < -0.3 is 9.72 Å². The highest BCUT2D eigenvalue weighted by Crippen LogP contribution is 2.19. The van der Waals surface area contributed by atoms with Crippen LogP contribution < -0.4 is 0 Å². The van der Waals surface area contributed by atoms with Crippen molar-refractivity contribution in [2.45, 2.75) is 6.92 Å². The van der Waals surface area contributed by atoms with E-state index >= 15 is 0 Å². The Balaban J connectivity index is 2.45. The van der Waals surface area contributed by atoms with Gasteiger partial charge in [-0.15, -0.1) is 0 Å². The molecule has 15 heavy (non-hydrogen) atoms. The van der Waals surface area contributed by atoms with Crippen LogP contribution in [0.2, 0.25) is 0 Å². The first-order chi connectivity index (χ1) is 7.22. The number of esters is 1. The number of fused-ring (bicyclic) bond motifs is 1. The summed E-state index contributed by atoms with van der Waals surface area (Å²) in [5.74, 6) is -0.330. The van der Waals surface area contributed by atoms with Gasteiger partial charge in [-0.2, -0.15) is 0 Å². The number of H-pyrrole nitrogens is 1. The molecular formula is C10H9IN2O2. The van der Waals surface area contributed by atoms with Crippen LogP contribution in [0.1, 0.15) is 17.3 Å². The third-order valence-electron chi connectivity index (χ3n) is 1.99. The van der Waals surface area contributed by atoms with Gasteiger partial charge in [0.15, 0.2) is 0 Å². The first kappa shape index (κ1) is 10.4. The molecule has 78 valence electrons. The SMILES string of the molecule is CCOC(=O)c1cnc2[nH]cc(I)c2c1. The van der Waals surface area contributed by atoms with Crippen LogP contribution in [-0.2, 0) is 4.74 Å². The van der Waals surface area contributed by atoms with Crippen molar-refractivity contribution in [1.29, 1.82) is 0 Å². The summed E-state index contributed by atoms with van der Waals surface area (Å²) in [6, 6.07) is 1.79. The van der Waals surface area contributed by atoms with Gasteiger partial charge in [-0.1, -0.05) is 0 Å². The van der Waals surface area contributed by atoms with Crippen LogP contribution in [-0.4, -0.2) is 22.5 Å². The molecule has 0 radical (unpaired) electrons. The summed E-state index contributed by atoms with van der Waals surface area (Å²) in [7, 11) is 0. The van der Waals surface area contributed by atoms with Gasteiger partial charge in [0.05, 0.1) is 12.2 Å². The zero-order valence-corrected chi connectivity index (χ0v) is 10.2. The van der Waals surface area contributed by atoms with E-state index in [-0.39, 0.29) is 5.97 Å². The van der Waals surface area contributed by atoms with Crippen molar-refractivity contribution in [3.05, 3.63) is 27.6 Å². The molecular weight excluding hydrogens is 307 g/mol. The Labute approximate surface area is 100 Å². The fourth-order valence-electron chi connectivity index (χ4n) is 1.30. The first-order valence-corrected chi connectivity index (χ1v) is 5.60. The number of pyridine rings is 1. The molecule has 0 fully saturated rings. The standard InChI is InChI=1S/C10H9IN2O2/c1-2-15-10(14)6-3-7-8(11)5-13-9(7)12-4-6/h3-5H,2H2,1H3,(H,12,13). The van der Waals surface area contributed by atoms with Crippen molar-refractivity contribution in [2.24, 2.45) is 0 Å². The lowest BCUT2D eigenvalue weighted by molar-refractivity contribution is 0.0526. The summed E-state index contributed by atoms with van der Waals surface area (Å²) in [5.41, 5.74) is 1.27. The van der Waals surface area contributed by atoms with E-state index in [1.54, 1.807) is 13.0 Å². The highest BCUT2D eigenvalue weighted by atomic mass is 127. The highest BCUT2D eigenvalue weighted by molar-refractivity contribution is 14.1. The number of nitrogens with zero attached hydrogens (tertiary/aromatic N) is 1. The zero-order valence-electron chi connectivity index (χ0n) is 8.08. The van der Waals surface area contributed by atoms with Gasteiger partial charge in [-0.3, -0.25) is 0 Å². The van der Waals surface area contributed by atoms with Gasteiger partial charge in [-0.25, -0.2) is 9.78 Å². The Morgan fingerprint density at radius 3 is 3.20 bits per heavy atom. The summed E-state index contributed by atoms with van der Waals surface area (Å²) in [4.78, 5) is 18.6. The van der Waals surface area contributed by atoms with Gasteiger partial charge in [-0.05, 0) is 35.6 Å². The molecule has 2 aromatic rings. The predicted octanol–water partition coefficient (Wildman–Crippen LogP) is 2.34. The van der Waals surface area contributed by atoms with Crippen molar-refractivity contribution < 1.29 is 9.53 Å². The van der Waals surface area contributed by atoms with Crippen molar-refractivity contribution in [1.82, 2.24) is 9.97 Å². The topological polar surface area (TPSA) is 55.0 Å². The molecule has 0 spiro atoms. The molecule has 2 heterocycles. The van der Waals surface area contributed by atoms with Gasteiger partial charge >= 0.3 is 5.97 Å². The summed E-state index contributed by atoms with van der Waals surface area (Å²) in [5, 5.41) is 0.946. The predicted molar refractivity (Wildman–Crippen MR) is 64.8 cm³/mol. The fourth-order valence-corrected chi connectivity index (χ4v) is 1.86. The third-order valence-corrected chi connectivity index (χ3v) is 2.88. The number of aromatic nitrogens is 2. The average Bonchev–Trinajstić information content (AvgIpc) is 2.60. The molecule has 0 unspecified atom stereocenters. The fraction of sp³-hybridized carbons (Fsp3) is 0.200. The maximum atomic E-state index is 11.4. The molecule has 0 atom stereocenters. The van der Waals surface area contributed by atoms with Crippen molar-refractivity contribution in [3.63, 3.8) is 0 Å². The molecule has 0 aliphatic heterocycles. The van der Waals surface area contributed by atoms with E-state index in [4.69, 9.17) is 4.74 Å². The van der Waals surface area contributed by atoms with Crippen LogP contribution in [0.25, 0.3) is 11.0 Å². The highest BCUT2D eigenvalue weighted by Gasteiger charge is 2.09. The number of rotatable bonds is 2.